The van der Waals surface area contributed by atoms with E-state index in [1.807, 2.05) is 6.92 Å². The van der Waals surface area contributed by atoms with E-state index in [0.717, 1.165) is 0 Å². The molecule has 3 heteroatoms. The van der Waals surface area contributed by atoms with Crippen molar-refractivity contribution in [1.29, 1.82) is 0 Å². The zero-order chi connectivity index (χ0) is 4.99. The third-order valence-electron chi connectivity index (χ3n) is 0.653. The van der Waals surface area contributed by atoms with Gasteiger partial charge in [-0.05, 0) is 13.6 Å². The van der Waals surface area contributed by atoms with Crippen LogP contribution < -0.4 is 5.64 Å². The third kappa shape index (κ3) is 1.97. The fourth-order valence-electron chi connectivity index (χ4n) is 0.0745. The molecule has 0 aromatic carbocycles. The van der Waals surface area contributed by atoms with Gasteiger partial charge in [0, 0.05) is 5.94 Å². The number of nitrogens with zero attached hydrogens (tertiary/aromatic N) is 1. The summed E-state index contributed by atoms with van der Waals surface area (Å²) in [5, 5.41) is 0. The van der Waals surface area contributed by atoms with Gasteiger partial charge in [0.25, 0.3) is 0 Å². The van der Waals surface area contributed by atoms with Gasteiger partial charge in [-0.25, -0.2) is 0 Å². The van der Waals surface area contributed by atoms with E-state index in [-0.39, 0.29) is 5.94 Å². The third-order valence-corrected chi connectivity index (χ3v) is 0.653. The first-order valence-electron chi connectivity index (χ1n) is 1.97. The van der Waals surface area contributed by atoms with Crippen LogP contribution in [-0.4, -0.2) is 20.1 Å². The van der Waals surface area contributed by atoms with Gasteiger partial charge in [-0.2, -0.15) is 0 Å². The fourth-order valence-corrected chi connectivity index (χ4v) is 0.0745. The summed E-state index contributed by atoms with van der Waals surface area (Å²) in [6.07, 6.45) is 0. The van der Waals surface area contributed by atoms with Crippen molar-refractivity contribution in [2.24, 2.45) is 10.6 Å². The van der Waals surface area contributed by atoms with Crippen LogP contribution in [0.3, 0.4) is 0 Å². The summed E-state index contributed by atoms with van der Waals surface area (Å²) < 4.78 is 0. The van der Waals surface area contributed by atoms with E-state index in [9.17, 15) is 0 Å². The highest BCUT2D eigenvalue weighted by molar-refractivity contribution is 6.33. The molecule has 1 unspecified atom stereocenters. The molecule has 6 heavy (non-hydrogen) atoms. The van der Waals surface area contributed by atoms with Crippen molar-refractivity contribution in [2.75, 3.05) is 0 Å². The molecule has 2 nitrogen and oxygen atoms in total. The first-order chi connectivity index (χ1) is 2.81. The summed E-state index contributed by atoms with van der Waals surface area (Å²) in [5.41, 5.74) is 5.15. The van der Waals surface area contributed by atoms with E-state index < -0.39 is 0 Å². The van der Waals surface area contributed by atoms with Gasteiger partial charge in [0.15, 0.2) is 0 Å². The van der Waals surface area contributed by atoms with E-state index in [1.54, 1.807) is 0 Å². The second-order valence-corrected chi connectivity index (χ2v) is 1.27. The first-order valence-corrected chi connectivity index (χ1v) is 1.97. The average molecular weight is 83.9 g/mol. The zero-order valence-corrected chi connectivity index (χ0v) is 4.02. The highest BCUT2D eigenvalue weighted by atomic mass is 14.7. The van der Waals surface area contributed by atoms with Gasteiger partial charge in [0.05, 0.1) is 0 Å². The minimum absolute atomic E-state index is 0.227. The topological polar surface area (TPSA) is 38.4 Å². The highest BCUT2D eigenvalue weighted by Gasteiger charge is 1.89. The summed E-state index contributed by atoms with van der Waals surface area (Å²) in [4.78, 5) is 3.63. The van der Waals surface area contributed by atoms with Gasteiger partial charge >= 0.3 is 0 Å². The molecule has 0 aromatic rings. The molecule has 0 rings (SSSR count). The van der Waals surface area contributed by atoms with Gasteiger partial charge in [0.1, 0.15) is 0 Å². The molecule has 0 amide bonds. The van der Waals surface area contributed by atoms with Crippen LogP contribution in [-0.2, 0) is 0 Å². The summed E-state index contributed by atoms with van der Waals surface area (Å²) >= 11 is 0. The van der Waals surface area contributed by atoms with Crippen molar-refractivity contribution < 1.29 is 0 Å². The van der Waals surface area contributed by atoms with Crippen molar-refractivity contribution in [2.45, 2.75) is 12.9 Å². The van der Waals surface area contributed by atoms with Crippen LogP contribution in [0.4, 0.5) is 0 Å². The van der Waals surface area contributed by atoms with Crippen LogP contribution in [0.2, 0.25) is 0 Å². The maximum atomic E-state index is 5.15. The Bertz CT molecular complexity index is 46.1. The Labute approximate surface area is 38.7 Å². The van der Waals surface area contributed by atoms with Crippen LogP contribution in [0.15, 0.2) is 4.99 Å². The Morgan fingerprint density at radius 3 is 2.50 bits per heavy atom. The molecular weight excluding hydrogens is 74.9 g/mol. The molecule has 0 fully saturated rings. The molecule has 34 valence electrons. The molecule has 0 aliphatic carbocycles. The van der Waals surface area contributed by atoms with Gasteiger partial charge in [-0.15, -0.1) is 0 Å². The molecule has 0 saturated heterocycles. The van der Waals surface area contributed by atoms with Gasteiger partial charge < -0.3 is 10.6 Å². The predicted molar refractivity (Wildman–Crippen MR) is 30.3 cm³/mol. The van der Waals surface area contributed by atoms with Gasteiger partial charge in [0.2, 0.25) is 7.41 Å². The van der Waals surface area contributed by atoms with Crippen LogP contribution >= 0.6 is 0 Å². The van der Waals surface area contributed by atoms with Crippen molar-refractivity contribution in [3.63, 3.8) is 0 Å². The molecule has 0 spiro atoms. The summed E-state index contributed by atoms with van der Waals surface area (Å²) in [7, 11) is 0.601. The molecule has 0 bridgehead atoms. The second kappa shape index (κ2) is 2.91. The number of hydrogen-bond acceptors (Lipinski definition) is 2. The smallest absolute Gasteiger partial charge is 0.225 e. The quantitative estimate of drug-likeness (QED) is 0.350. The molecular formula is C3H9BN2. The standard InChI is InChI=1S/C3H9BN2/c1-3(4-5)6-2/h3-4H,2,5H2,1H3. The van der Waals surface area contributed by atoms with Crippen LogP contribution in [0.5, 0.6) is 0 Å². The Kier molecular flexibility index (Phi) is 2.76. The van der Waals surface area contributed by atoms with Crippen molar-refractivity contribution in [3.8, 4) is 0 Å². The zero-order valence-electron chi connectivity index (χ0n) is 4.02. The summed E-state index contributed by atoms with van der Waals surface area (Å²) in [6, 6.07) is 0. The molecule has 0 heterocycles. The monoisotopic (exact) mass is 84.1 g/mol. The van der Waals surface area contributed by atoms with Gasteiger partial charge in [-0.3, -0.25) is 0 Å². The van der Waals surface area contributed by atoms with E-state index in [1.165, 1.54) is 0 Å². The van der Waals surface area contributed by atoms with Crippen molar-refractivity contribution in [3.05, 3.63) is 0 Å². The molecule has 0 aliphatic heterocycles. The van der Waals surface area contributed by atoms with Crippen molar-refractivity contribution >= 4 is 14.1 Å². The molecule has 0 saturated carbocycles. The minimum atomic E-state index is 0.227. The van der Waals surface area contributed by atoms with E-state index in [4.69, 9.17) is 5.64 Å². The average Bonchev–Trinajstić information content (AvgIpc) is 1.65. The maximum absolute atomic E-state index is 5.15. The lowest BCUT2D eigenvalue weighted by Gasteiger charge is -1.91. The first kappa shape index (κ1) is 5.69. The summed E-state index contributed by atoms with van der Waals surface area (Å²) in [5.74, 6) is 0.227. The highest BCUT2D eigenvalue weighted by Crippen LogP contribution is 1.75. The molecule has 0 aromatic heterocycles. The lowest BCUT2D eigenvalue weighted by molar-refractivity contribution is 1.02. The van der Waals surface area contributed by atoms with Crippen molar-refractivity contribution in [1.82, 2.24) is 0 Å². The van der Waals surface area contributed by atoms with Crippen LogP contribution in [0.1, 0.15) is 6.92 Å². The second-order valence-electron chi connectivity index (χ2n) is 1.27. The van der Waals surface area contributed by atoms with E-state index in [2.05, 4.69) is 11.7 Å². The number of hydrogen-bond donors (Lipinski definition) is 1. The molecule has 0 radical (unpaired) electrons. The summed E-state index contributed by atoms with van der Waals surface area (Å²) in [6.45, 7) is 5.23. The maximum Gasteiger partial charge on any atom is 0.225 e. The number of aliphatic imine (C=N–C) groups is 1. The Balaban J connectivity index is 2.96. The van der Waals surface area contributed by atoms with Crippen LogP contribution in [0, 0.1) is 0 Å². The van der Waals surface area contributed by atoms with E-state index in [0.29, 0.717) is 7.41 Å². The Morgan fingerprint density at radius 1 is 2.00 bits per heavy atom. The molecule has 1 atom stereocenters. The van der Waals surface area contributed by atoms with E-state index >= 15 is 0 Å². The lowest BCUT2D eigenvalue weighted by atomic mass is 9.87. The SMILES string of the molecule is C=NC(C)BN. The Hall–Kier alpha value is -0.305. The largest absolute Gasteiger partial charge is 0.371 e. The number of nitrogens with two attached hydrogens (primary N) is 1. The Morgan fingerprint density at radius 2 is 2.50 bits per heavy atom. The lowest BCUT2D eigenvalue weighted by Crippen LogP contribution is -2.18. The molecule has 0 aliphatic rings. The fraction of sp³-hybridized carbons (Fsp3) is 0.667. The predicted octanol–water partition coefficient (Wildman–Crippen LogP) is -0.657. The molecule has 2 N–H and O–H groups in total. The minimum Gasteiger partial charge on any atom is -0.371 e. The number of rotatable bonds is 2. The van der Waals surface area contributed by atoms with Gasteiger partial charge in [-0.1, -0.05) is 0 Å². The van der Waals surface area contributed by atoms with Crippen LogP contribution in [0.25, 0.3) is 0 Å². The normalized spacial score (nSPS) is 13.0.